The second kappa shape index (κ2) is 5.43. The lowest BCUT2D eigenvalue weighted by Crippen LogP contribution is -2.32. The minimum atomic E-state index is -0.413. The molecular formula is C16H23FN2O. The van der Waals surface area contributed by atoms with E-state index in [-0.39, 0.29) is 11.3 Å². The third-order valence-electron chi connectivity index (χ3n) is 4.26. The SMILES string of the molecule is Cc1c(N)cc(C(=O)N2CCCC(C)(C)CC2)cc1F. The molecule has 0 saturated carbocycles. The van der Waals surface area contributed by atoms with E-state index in [0.29, 0.717) is 16.8 Å². The minimum absolute atomic E-state index is 0.117. The third kappa shape index (κ3) is 3.11. The van der Waals surface area contributed by atoms with Crippen LogP contribution in [-0.2, 0) is 0 Å². The lowest BCUT2D eigenvalue weighted by Gasteiger charge is -2.23. The van der Waals surface area contributed by atoms with Gasteiger partial charge in [-0.25, -0.2) is 4.39 Å². The molecule has 110 valence electrons. The summed E-state index contributed by atoms with van der Waals surface area (Å²) in [5.41, 5.74) is 7.11. The number of anilines is 1. The number of nitrogen functional groups attached to an aromatic ring is 1. The first kappa shape index (κ1) is 14.8. The summed E-state index contributed by atoms with van der Waals surface area (Å²) in [6.45, 7) is 7.53. The predicted molar refractivity (Wildman–Crippen MR) is 79.1 cm³/mol. The van der Waals surface area contributed by atoms with Crippen LogP contribution in [0.1, 0.15) is 49.0 Å². The van der Waals surface area contributed by atoms with Crippen molar-refractivity contribution in [3.63, 3.8) is 0 Å². The van der Waals surface area contributed by atoms with Gasteiger partial charge in [0, 0.05) is 29.9 Å². The largest absolute Gasteiger partial charge is 0.398 e. The summed E-state index contributed by atoms with van der Waals surface area (Å²) in [5, 5.41) is 0. The Hall–Kier alpha value is -1.58. The van der Waals surface area contributed by atoms with Gasteiger partial charge in [-0.15, -0.1) is 0 Å². The van der Waals surface area contributed by atoms with Gasteiger partial charge in [0.2, 0.25) is 0 Å². The number of carbonyl (C=O) groups is 1. The minimum Gasteiger partial charge on any atom is -0.398 e. The molecule has 0 atom stereocenters. The van der Waals surface area contributed by atoms with Gasteiger partial charge in [-0.3, -0.25) is 4.79 Å². The summed E-state index contributed by atoms with van der Waals surface area (Å²) >= 11 is 0. The molecule has 2 N–H and O–H groups in total. The summed E-state index contributed by atoms with van der Waals surface area (Å²) < 4.78 is 13.7. The van der Waals surface area contributed by atoms with E-state index in [9.17, 15) is 9.18 Å². The average Bonchev–Trinajstić information content (AvgIpc) is 2.55. The molecule has 3 nitrogen and oxygen atoms in total. The van der Waals surface area contributed by atoms with Crippen molar-refractivity contribution in [1.29, 1.82) is 0 Å². The molecule has 1 heterocycles. The summed E-state index contributed by atoms with van der Waals surface area (Å²) in [5.74, 6) is -0.531. The number of nitrogens with zero attached hydrogens (tertiary/aromatic N) is 1. The fourth-order valence-corrected chi connectivity index (χ4v) is 2.63. The zero-order valence-electron chi connectivity index (χ0n) is 12.5. The quantitative estimate of drug-likeness (QED) is 0.801. The molecule has 1 aliphatic heterocycles. The van der Waals surface area contributed by atoms with Gasteiger partial charge in [0.1, 0.15) is 5.82 Å². The number of carbonyl (C=O) groups excluding carboxylic acids is 1. The van der Waals surface area contributed by atoms with Gasteiger partial charge < -0.3 is 10.6 Å². The number of hydrogen-bond acceptors (Lipinski definition) is 2. The van der Waals surface area contributed by atoms with Crippen molar-refractivity contribution in [2.45, 2.75) is 40.0 Å². The first-order valence-electron chi connectivity index (χ1n) is 7.15. The number of benzene rings is 1. The monoisotopic (exact) mass is 278 g/mol. The molecule has 0 aliphatic carbocycles. The van der Waals surface area contributed by atoms with E-state index in [1.165, 1.54) is 6.07 Å². The van der Waals surface area contributed by atoms with Gasteiger partial charge in [0.05, 0.1) is 0 Å². The highest BCUT2D eigenvalue weighted by molar-refractivity contribution is 5.95. The highest BCUT2D eigenvalue weighted by Crippen LogP contribution is 2.30. The van der Waals surface area contributed by atoms with Crippen LogP contribution in [0.2, 0.25) is 0 Å². The standard InChI is InChI=1S/C16H23FN2O/c1-11-13(17)9-12(10-14(11)18)15(20)19-7-4-5-16(2,3)6-8-19/h9-10H,4-8,18H2,1-3H3. The molecule has 20 heavy (non-hydrogen) atoms. The molecule has 1 amide bonds. The molecule has 4 heteroatoms. The van der Waals surface area contributed by atoms with E-state index in [1.54, 1.807) is 13.0 Å². The molecule has 0 unspecified atom stereocenters. The fraction of sp³-hybridized carbons (Fsp3) is 0.562. The highest BCUT2D eigenvalue weighted by atomic mass is 19.1. The molecule has 1 aromatic rings. The Bertz CT molecular complexity index is 502. The molecule has 1 aliphatic rings. The van der Waals surface area contributed by atoms with Crippen LogP contribution in [0.15, 0.2) is 12.1 Å². The molecular weight excluding hydrogens is 255 g/mol. The Morgan fingerprint density at radius 3 is 2.65 bits per heavy atom. The Balaban J connectivity index is 2.19. The van der Waals surface area contributed by atoms with E-state index >= 15 is 0 Å². The topological polar surface area (TPSA) is 46.3 Å². The second-order valence-electron chi connectivity index (χ2n) is 6.48. The summed E-state index contributed by atoms with van der Waals surface area (Å²) in [6, 6.07) is 2.88. The van der Waals surface area contributed by atoms with Crippen LogP contribution in [0.4, 0.5) is 10.1 Å². The smallest absolute Gasteiger partial charge is 0.254 e. The number of amides is 1. The molecule has 0 radical (unpaired) electrons. The maximum Gasteiger partial charge on any atom is 0.254 e. The van der Waals surface area contributed by atoms with E-state index in [1.807, 2.05) is 4.90 Å². The van der Waals surface area contributed by atoms with Crippen molar-refractivity contribution < 1.29 is 9.18 Å². The van der Waals surface area contributed by atoms with Crippen LogP contribution in [0.5, 0.6) is 0 Å². The third-order valence-corrected chi connectivity index (χ3v) is 4.26. The Morgan fingerprint density at radius 2 is 2.00 bits per heavy atom. The Morgan fingerprint density at radius 1 is 1.30 bits per heavy atom. The fourth-order valence-electron chi connectivity index (χ4n) is 2.63. The number of likely N-dealkylation sites (tertiary alicyclic amines) is 1. The van der Waals surface area contributed by atoms with Crippen LogP contribution < -0.4 is 5.73 Å². The van der Waals surface area contributed by atoms with Gasteiger partial charge in [-0.2, -0.15) is 0 Å². The number of hydrogen-bond donors (Lipinski definition) is 1. The maximum absolute atomic E-state index is 13.7. The zero-order chi connectivity index (χ0) is 14.9. The van der Waals surface area contributed by atoms with Crippen molar-refractivity contribution in [1.82, 2.24) is 4.90 Å². The zero-order valence-corrected chi connectivity index (χ0v) is 12.5. The van der Waals surface area contributed by atoms with Crippen LogP contribution in [0.25, 0.3) is 0 Å². The van der Waals surface area contributed by atoms with Gasteiger partial charge in [0.25, 0.3) is 5.91 Å². The number of nitrogens with two attached hydrogens (primary N) is 1. The van der Waals surface area contributed by atoms with Gasteiger partial charge >= 0.3 is 0 Å². The van der Waals surface area contributed by atoms with Crippen molar-refractivity contribution in [2.24, 2.45) is 5.41 Å². The molecule has 1 saturated heterocycles. The Labute approximate surface area is 120 Å². The van der Waals surface area contributed by atoms with Crippen molar-refractivity contribution >= 4 is 11.6 Å². The van der Waals surface area contributed by atoms with E-state index in [4.69, 9.17) is 5.73 Å². The second-order valence-corrected chi connectivity index (χ2v) is 6.48. The predicted octanol–water partition coefficient (Wildman–Crippen LogP) is 3.37. The summed E-state index contributed by atoms with van der Waals surface area (Å²) in [7, 11) is 0. The average molecular weight is 278 g/mol. The van der Waals surface area contributed by atoms with Crippen LogP contribution in [0, 0.1) is 18.2 Å². The van der Waals surface area contributed by atoms with Crippen molar-refractivity contribution in [3.05, 3.63) is 29.1 Å². The summed E-state index contributed by atoms with van der Waals surface area (Å²) in [6.07, 6.45) is 3.08. The van der Waals surface area contributed by atoms with E-state index in [0.717, 1.165) is 32.4 Å². The normalized spacial score (nSPS) is 18.7. The number of rotatable bonds is 1. The molecule has 0 spiro atoms. The molecule has 0 aromatic heterocycles. The molecule has 0 bridgehead atoms. The molecule has 1 aromatic carbocycles. The van der Waals surface area contributed by atoms with Crippen LogP contribution >= 0.6 is 0 Å². The van der Waals surface area contributed by atoms with Gasteiger partial charge in [0.15, 0.2) is 0 Å². The Kier molecular flexibility index (Phi) is 4.02. The lowest BCUT2D eigenvalue weighted by molar-refractivity contribution is 0.0757. The molecule has 2 rings (SSSR count). The highest BCUT2D eigenvalue weighted by Gasteiger charge is 2.26. The van der Waals surface area contributed by atoms with E-state index < -0.39 is 5.82 Å². The van der Waals surface area contributed by atoms with E-state index in [2.05, 4.69) is 13.8 Å². The van der Waals surface area contributed by atoms with Crippen molar-refractivity contribution in [3.8, 4) is 0 Å². The van der Waals surface area contributed by atoms with Gasteiger partial charge in [-0.1, -0.05) is 13.8 Å². The van der Waals surface area contributed by atoms with Crippen molar-refractivity contribution in [2.75, 3.05) is 18.8 Å². The molecule has 1 fully saturated rings. The maximum atomic E-state index is 13.7. The van der Waals surface area contributed by atoms with Crippen LogP contribution in [0.3, 0.4) is 0 Å². The first-order chi connectivity index (χ1) is 9.30. The number of halogens is 1. The van der Waals surface area contributed by atoms with Gasteiger partial charge in [-0.05, 0) is 43.7 Å². The summed E-state index contributed by atoms with van der Waals surface area (Å²) in [4.78, 5) is 14.3. The lowest BCUT2D eigenvalue weighted by atomic mass is 9.85. The van der Waals surface area contributed by atoms with Crippen LogP contribution in [-0.4, -0.2) is 23.9 Å². The first-order valence-corrected chi connectivity index (χ1v) is 7.15.